The highest BCUT2D eigenvalue weighted by Gasteiger charge is 2.33. The van der Waals surface area contributed by atoms with Crippen molar-refractivity contribution in [2.45, 2.75) is 6.18 Å². The molecule has 10 heteroatoms. The molecule has 3 aromatic rings. The predicted molar refractivity (Wildman–Crippen MR) is 98.7 cm³/mol. The number of anilines is 1. The molecule has 2 N–H and O–H groups in total. The van der Waals surface area contributed by atoms with E-state index >= 15 is 0 Å². The summed E-state index contributed by atoms with van der Waals surface area (Å²) in [7, 11) is 0. The Hall–Kier alpha value is -3.56. The van der Waals surface area contributed by atoms with Crippen LogP contribution in [0.4, 0.5) is 19.0 Å². The SMILES string of the molecule is O=C(COc1ccc2ccc(=O)oc2c1)NCCNc1ncccc1C(F)(F)F. The molecule has 0 saturated heterocycles. The van der Waals surface area contributed by atoms with Gasteiger partial charge in [-0.15, -0.1) is 0 Å². The Labute approximate surface area is 162 Å². The van der Waals surface area contributed by atoms with Crippen LogP contribution in [0, 0.1) is 0 Å². The maximum Gasteiger partial charge on any atom is 0.419 e. The van der Waals surface area contributed by atoms with Gasteiger partial charge in [0.25, 0.3) is 5.91 Å². The number of hydrogen-bond donors (Lipinski definition) is 2. The van der Waals surface area contributed by atoms with Crippen LogP contribution >= 0.6 is 0 Å². The molecule has 1 amide bonds. The van der Waals surface area contributed by atoms with Gasteiger partial charge in [0.2, 0.25) is 0 Å². The minimum Gasteiger partial charge on any atom is -0.484 e. The zero-order chi connectivity index (χ0) is 20.9. The molecule has 0 unspecified atom stereocenters. The number of nitrogens with zero attached hydrogens (tertiary/aromatic N) is 1. The van der Waals surface area contributed by atoms with Gasteiger partial charge in [-0.25, -0.2) is 9.78 Å². The molecule has 0 aliphatic carbocycles. The zero-order valence-electron chi connectivity index (χ0n) is 15.0. The molecule has 0 aliphatic heterocycles. The average molecular weight is 407 g/mol. The number of halogens is 3. The van der Waals surface area contributed by atoms with Gasteiger partial charge < -0.3 is 19.8 Å². The standard InChI is InChI=1S/C19H16F3N3O4/c20-19(21,22)14-2-1-7-24-18(14)25-9-8-23-16(26)11-28-13-5-3-12-4-6-17(27)29-15(12)10-13/h1-7,10H,8-9,11H2,(H,23,26)(H,24,25). The van der Waals surface area contributed by atoms with E-state index in [0.29, 0.717) is 16.7 Å². The molecule has 152 valence electrons. The first-order valence-corrected chi connectivity index (χ1v) is 8.52. The summed E-state index contributed by atoms with van der Waals surface area (Å²) in [5.41, 5.74) is -1.05. The van der Waals surface area contributed by atoms with E-state index in [1.165, 1.54) is 24.4 Å². The maximum atomic E-state index is 12.9. The molecule has 2 aromatic heterocycles. The van der Waals surface area contributed by atoms with Crippen LogP contribution in [-0.2, 0) is 11.0 Å². The van der Waals surface area contributed by atoms with Crippen LogP contribution in [0.2, 0.25) is 0 Å². The number of nitrogens with one attached hydrogen (secondary N) is 2. The second kappa shape index (κ2) is 8.63. The molecule has 7 nitrogen and oxygen atoms in total. The van der Waals surface area contributed by atoms with E-state index in [-0.39, 0.29) is 25.5 Å². The van der Waals surface area contributed by atoms with Crippen LogP contribution in [0.25, 0.3) is 11.0 Å². The number of benzene rings is 1. The Morgan fingerprint density at radius 1 is 1.14 bits per heavy atom. The molecule has 0 bridgehead atoms. The Morgan fingerprint density at radius 2 is 1.93 bits per heavy atom. The van der Waals surface area contributed by atoms with Crippen molar-refractivity contribution < 1.29 is 27.1 Å². The van der Waals surface area contributed by atoms with Crippen molar-refractivity contribution in [3.05, 3.63) is 64.6 Å². The summed E-state index contributed by atoms with van der Waals surface area (Å²) in [4.78, 5) is 26.7. The molecule has 29 heavy (non-hydrogen) atoms. The smallest absolute Gasteiger partial charge is 0.419 e. The number of ether oxygens (including phenoxy) is 1. The summed E-state index contributed by atoms with van der Waals surface area (Å²) in [6.45, 7) is -0.185. The molecule has 0 saturated carbocycles. The summed E-state index contributed by atoms with van der Waals surface area (Å²) >= 11 is 0. The van der Waals surface area contributed by atoms with Gasteiger partial charge in [0.15, 0.2) is 6.61 Å². The molecule has 0 aliphatic rings. The zero-order valence-corrected chi connectivity index (χ0v) is 15.0. The second-order valence-corrected chi connectivity index (χ2v) is 5.92. The largest absolute Gasteiger partial charge is 0.484 e. The summed E-state index contributed by atoms with van der Waals surface area (Å²) in [5, 5.41) is 5.77. The molecule has 0 radical (unpaired) electrons. The van der Waals surface area contributed by atoms with E-state index in [2.05, 4.69) is 15.6 Å². The van der Waals surface area contributed by atoms with Crippen molar-refractivity contribution in [2.75, 3.05) is 25.0 Å². The fourth-order valence-corrected chi connectivity index (χ4v) is 2.49. The number of fused-ring (bicyclic) bond motifs is 1. The number of carbonyl (C=O) groups is 1. The molecule has 2 heterocycles. The highest BCUT2D eigenvalue weighted by molar-refractivity contribution is 5.79. The average Bonchev–Trinajstić information content (AvgIpc) is 2.69. The van der Waals surface area contributed by atoms with Gasteiger partial charge in [-0.3, -0.25) is 4.79 Å². The highest BCUT2D eigenvalue weighted by Crippen LogP contribution is 2.33. The minimum atomic E-state index is -4.52. The quantitative estimate of drug-likeness (QED) is 0.462. The van der Waals surface area contributed by atoms with Crippen molar-refractivity contribution in [3.8, 4) is 5.75 Å². The predicted octanol–water partition coefficient (Wildman–Crippen LogP) is 2.81. The Kier molecular flexibility index (Phi) is 6.01. The van der Waals surface area contributed by atoms with E-state index in [1.54, 1.807) is 18.2 Å². The number of carbonyl (C=O) groups excluding carboxylic acids is 1. The fourth-order valence-electron chi connectivity index (χ4n) is 2.49. The normalized spacial score (nSPS) is 11.3. The molecule has 1 aromatic carbocycles. The first-order valence-electron chi connectivity index (χ1n) is 8.52. The first-order chi connectivity index (χ1) is 13.8. The van der Waals surface area contributed by atoms with E-state index in [9.17, 15) is 22.8 Å². The number of hydrogen-bond acceptors (Lipinski definition) is 6. The number of amides is 1. The Balaban J connectivity index is 1.46. The summed E-state index contributed by atoms with van der Waals surface area (Å²) in [6.07, 6.45) is -3.28. The van der Waals surface area contributed by atoms with Crippen molar-refractivity contribution in [3.63, 3.8) is 0 Å². The third-order valence-corrected chi connectivity index (χ3v) is 3.82. The van der Waals surface area contributed by atoms with E-state index in [4.69, 9.17) is 9.15 Å². The topological polar surface area (TPSA) is 93.5 Å². The van der Waals surface area contributed by atoms with Crippen LogP contribution in [-0.4, -0.2) is 30.6 Å². The Morgan fingerprint density at radius 3 is 2.72 bits per heavy atom. The Bertz CT molecular complexity index is 1070. The van der Waals surface area contributed by atoms with Gasteiger partial charge in [-0.1, -0.05) is 0 Å². The van der Waals surface area contributed by atoms with Crippen LogP contribution in [0.1, 0.15) is 5.56 Å². The van der Waals surface area contributed by atoms with E-state index in [0.717, 1.165) is 6.07 Å². The van der Waals surface area contributed by atoms with Gasteiger partial charge in [0.1, 0.15) is 17.2 Å². The minimum absolute atomic E-state index is 0.0486. The third kappa shape index (κ3) is 5.47. The monoisotopic (exact) mass is 407 g/mol. The van der Waals surface area contributed by atoms with Crippen LogP contribution < -0.4 is 21.0 Å². The number of alkyl halides is 3. The third-order valence-electron chi connectivity index (χ3n) is 3.82. The number of rotatable bonds is 7. The molecule has 0 spiro atoms. The molecule has 3 rings (SSSR count). The van der Waals surface area contributed by atoms with Gasteiger partial charge >= 0.3 is 11.8 Å². The maximum absolute atomic E-state index is 12.9. The van der Waals surface area contributed by atoms with Crippen molar-refractivity contribution >= 4 is 22.7 Å². The van der Waals surface area contributed by atoms with Crippen LogP contribution in [0.3, 0.4) is 0 Å². The lowest BCUT2D eigenvalue weighted by molar-refractivity contribution is -0.137. The van der Waals surface area contributed by atoms with Crippen molar-refractivity contribution in [2.24, 2.45) is 0 Å². The lowest BCUT2D eigenvalue weighted by atomic mass is 10.2. The van der Waals surface area contributed by atoms with Gasteiger partial charge in [0.05, 0.1) is 5.56 Å². The fraction of sp³-hybridized carbons (Fsp3) is 0.211. The number of pyridine rings is 1. The summed E-state index contributed by atoms with van der Waals surface area (Å²) in [5.74, 6) is -0.426. The van der Waals surface area contributed by atoms with Gasteiger partial charge in [-0.2, -0.15) is 13.2 Å². The second-order valence-electron chi connectivity index (χ2n) is 5.92. The molecular weight excluding hydrogens is 391 g/mol. The lowest BCUT2D eigenvalue weighted by Crippen LogP contribution is -2.33. The van der Waals surface area contributed by atoms with E-state index < -0.39 is 23.3 Å². The molecule has 0 fully saturated rings. The lowest BCUT2D eigenvalue weighted by Gasteiger charge is -2.13. The van der Waals surface area contributed by atoms with E-state index in [1.807, 2.05) is 0 Å². The molecule has 0 atom stereocenters. The van der Waals surface area contributed by atoms with Crippen molar-refractivity contribution in [1.29, 1.82) is 0 Å². The summed E-state index contributed by atoms with van der Waals surface area (Å²) in [6, 6.07) is 9.82. The number of aromatic nitrogens is 1. The summed E-state index contributed by atoms with van der Waals surface area (Å²) < 4.78 is 49.0. The highest BCUT2D eigenvalue weighted by atomic mass is 19.4. The van der Waals surface area contributed by atoms with Crippen LogP contribution in [0.5, 0.6) is 5.75 Å². The van der Waals surface area contributed by atoms with Crippen LogP contribution in [0.15, 0.2) is 57.9 Å². The molecular formula is C19H16F3N3O4. The first kappa shape index (κ1) is 20.2. The van der Waals surface area contributed by atoms with Gasteiger partial charge in [0, 0.05) is 36.8 Å². The van der Waals surface area contributed by atoms with Gasteiger partial charge in [-0.05, 0) is 30.3 Å². The van der Waals surface area contributed by atoms with Crippen molar-refractivity contribution in [1.82, 2.24) is 10.3 Å².